The summed E-state index contributed by atoms with van der Waals surface area (Å²) in [5, 5.41) is 15.8. The van der Waals surface area contributed by atoms with Crippen LogP contribution in [0, 0.1) is 11.3 Å². The zero-order chi connectivity index (χ0) is 24.2. The number of carbonyl (C=O) groups excluding carboxylic acids is 2. The summed E-state index contributed by atoms with van der Waals surface area (Å²) in [5.74, 6) is 5.43. The number of pyridine rings is 1. The number of nitriles is 1. The fourth-order valence-corrected chi connectivity index (χ4v) is 2.81. The Morgan fingerprint density at radius 2 is 1.97 bits per heavy atom. The van der Waals surface area contributed by atoms with Crippen molar-refractivity contribution < 1.29 is 14.3 Å². The van der Waals surface area contributed by atoms with E-state index in [1.54, 1.807) is 24.3 Å². The number of hydrogen-bond acceptors (Lipinski definition) is 8. The largest absolute Gasteiger partial charge is 0.492 e. The van der Waals surface area contributed by atoms with Gasteiger partial charge >= 0.3 is 0 Å². The number of benzene rings is 1. The Bertz CT molecular complexity index is 998. The van der Waals surface area contributed by atoms with Gasteiger partial charge in [0, 0.05) is 12.7 Å². The molecule has 33 heavy (non-hydrogen) atoms. The molecule has 2 aromatic rings. The SMILES string of the molecule is CCOc1ccc(C(=O)NCCN(N)/C=C(\N)C(=O)NC(C#N)c2ccc(CC)cc2)nc1. The normalized spacial score (nSPS) is 11.8. The topological polar surface area (TPSA) is 159 Å². The number of rotatable bonds is 11. The smallest absolute Gasteiger partial charge is 0.270 e. The Labute approximate surface area is 193 Å². The van der Waals surface area contributed by atoms with Gasteiger partial charge in [-0.3, -0.25) is 9.59 Å². The Morgan fingerprint density at radius 1 is 1.24 bits per heavy atom. The number of aryl methyl sites for hydroxylation is 1. The summed E-state index contributed by atoms with van der Waals surface area (Å²) >= 11 is 0. The summed E-state index contributed by atoms with van der Waals surface area (Å²) in [6, 6.07) is 11.8. The quantitative estimate of drug-likeness (QED) is 0.225. The molecule has 2 amide bonds. The standard InChI is InChI=1S/C23H29N7O3/c1-3-16-5-7-17(8-6-16)21(13-24)29-22(31)19(25)15-30(26)12-11-27-23(32)20-10-9-18(14-28-20)33-4-2/h5-10,14-15,21H,3-4,11-12,25-26H2,1-2H3,(H,27,32)(H,29,31)/b19-15-. The van der Waals surface area contributed by atoms with Crippen molar-refractivity contribution in [2.24, 2.45) is 11.6 Å². The first-order chi connectivity index (χ1) is 15.9. The highest BCUT2D eigenvalue weighted by atomic mass is 16.5. The maximum absolute atomic E-state index is 12.4. The highest BCUT2D eigenvalue weighted by Crippen LogP contribution is 2.14. The Kier molecular flexibility index (Phi) is 9.67. The Balaban J connectivity index is 1.84. The molecule has 0 saturated heterocycles. The summed E-state index contributed by atoms with van der Waals surface area (Å²) in [4.78, 5) is 28.5. The van der Waals surface area contributed by atoms with Crippen LogP contribution in [0.5, 0.6) is 5.75 Å². The number of nitrogens with zero attached hydrogens (tertiary/aromatic N) is 3. The molecule has 1 unspecified atom stereocenters. The van der Waals surface area contributed by atoms with Crippen molar-refractivity contribution in [2.45, 2.75) is 26.3 Å². The van der Waals surface area contributed by atoms with Crippen LogP contribution in [0.2, 0.25) is 0 Å². The van der Waals surface area contributed by atoms with Crippen LogP contribution in [0.4, 0.5) is 0 Å². The first-order valence-electron chi connectivity index (χ1n) is 10.5. The average Bonchev–Trinajstić information content (AvgIpc) is 2.83. The number of nitrogens with one attached hydrogen (secondary N) is 2. The van der Waals surface area contributed by atoms with Gasteiger partial charge in [0.25, 0.3) is 11.8 Å². The van der Waals surface area contributed by atoms with E-state index < -0.39 is 11.9 Å². The molecule has 0 aliphatic carbocycles. The van der Waals surface area contributed by atoms with Crippen LogP contribution in [0.1, 0.15) is 41.5 Å². The minimum atomic E-state index is -0.845. The van der Waals surface area contributed by atoms with Gasteiger partial charge in [-0.05, 0) is 36.6 Å². The molecule has 10 nitrogen and oxygen atoms in total. The lowest BCUT2D eigenvalue weighted by Crippen LogP contribution is -2.38. The maximum Gasteiger partial charge on any atom is 0.270 e. The highest BCUT2D eigenvalue weighted by Gasteiger charge is 2.16. The van der Waals surface area contributed by atoms with Gasteiger partial charge in [-0.2, -0.15) is 5.26 Å². The molecular formula is C23H29N7O3. The highest BCUT2D eigenvalue weighted by molar-refractivity contribution is 5.93. The van der Waals surface area contributed by atoms with Gasteiger partial charge in [-0.25, -0.2) is 10.8 Å². The predicted octanol–water partition coefficient (Wildman–Crippen LogP) is 1.13. The third kappa shape index (κ3) is 7.83. The Morgan fingerprint density at radius 3 is 2.55 bits per heavy atom. The van der Waals surface area contributed by atoms with E-state index in [1.165, 1.54) is 17.4 Å². The second-order valence-corrected chi connectivity index (χ2v) is 7.02. The van der Waals surface area contributed by atoms with Crippen molar-refractivity contribution in [3.63, 3.8) is 0 Å². The van der Waals surface area contributed by atoms with Crippen LogP contribution in [-0.4, -0.2) is 41.5 Å². The molecule has 1 atom stereocenters. The van der Waals surface area contributed by atoms with Gasteiger partial charge in [0.2, 0.25) is 0 Å². The van der Waals surface area contributed by atoms with Crippen molar-refractivity contribution in [1.82, 2.24) is 20.6 Å². The first kappa shape index (κ1) is 25.2. The number of hydrogen-bond donors (Lipinski definition) is 4. The molecule has 1 aromatic heterocycles. The molecule has 0 fully saturated rings. The lowest BCUT2D eigenvalue weighted by atomic mass is 10.0. The molecule has 0 spiro atoms. The summed E-state index contributed by atoms with van der Waals surface area (Å²) in [7, 11) is 0. The molecule has 174 valence electrons. The van der Waals surface area contributed by atoms with Crippen molar-refractivity contribution in [3.8, 4) is 11.8 Å². The number of amides is 2. The van der Waals surface area contributed by atoms with Crippen LogP contribution >= 0.6 is 0 Å². The summed E-state index contributed by atoms with van der Waals surface area (Å²) in [5.41, 5.74) is 7.68. The summed E-state index contributed by atoms with van der Waals surface area (Å²) in [6.45, 7) is 4.79. The van der Waals surface area contributed by atoms with Gasteiger partial charge in [0.15, 0.2) is 0 Å². The van der Waals surface area contributed by atoms with Gasteiger partial charge in [-0.1, -0.05) is 31.2 Å². The van der Waals surface area contributed by atoms with Crippen LogP contribution in [0.15, 0.2) is 54.5 Å². The summed E-state index contributed by atoms with van der Waals surface area (Å²) < 4.78 is 5.29. The molecule has 1 aromatic carbocycles. The van der Waals surface area contributed by atoms with E-state index in [0.717, 1.165) is 12.0 Å². The molecule has 0 aliphatic rings. The van der Waals surface area contributed by atoms with Gasteiger partial charge in [0.1, 0.15) is 23.2 Å². The van der Waals surface area contributed by atoms with Crippen LogP contribution in [0.3, 0.4) is 0 Å². The van der Waals surface area contributed by atoms with Crippen molar-refractivity contribution in [1.29, 1.82) is 5.26 Å². The van der Waals surface area contributed by atoms with Crippen LogP contribution < -0.4 is 26.9 Å². The molecular weight excluding hydrogens is 422 g/mol. The van der Waals surface area contributed by atoms with E-state index in [-0.39, 0.29) is 30.4 Å². The molecule has 0 radical (unpaired) electrons. The third-order valence-corrected chi connectivity index (χ3v) is 4.63. The second kappa shape index (κ2) is 12.7. The minimum absolute atomic E-state index is 0.164. The zero-order valence-electron chi connectivity index (χ0n) is 18.7. The summed E-state index contributed by atoms with van der Waals surface area (Å²) in [6.07, 6.45) is 3.59. The number of aromatic nitrogens is 1. The fraction of sp³-hybridized carbons (Fsp3) is 0.304. The fourth-order valence-electron chi connectivity index (χ4n) is 2.81. The van der Waals surface area contributed by atoms with E-state index in [0.29, 0.717) is 17.9 Å². The predicted molar refractivity (Wildman–Crippen MR) is 123 cm³/mol. The average molecular weight is 452 g/mol. The van der Waals surface area contributed by atoms with Crippen LogP contribution in [0.25, 0.3) is 0 Å². The molecule has 6 N–H and O–H groups in total. The lowest BCUT2D eigenvalue weighted by Gasteiger charge is -2.16. The van der Waals surface area contributed by atoms with Gasteiger partial charge < -0.3 is 26.1 Å². The van der Waals surface area contributed by atoms with Gasteiger partial charge in [0.05, 0.1) is 25.4 Å². The minimum Gasteiger partial charge on any atom is -0.492 e. The molecule has 2 rings (SSSR count). The molecule has 1 heterocycles. The van der Waals surface area contributed by atoms with Crippen molar-refractivity contribution in [2.75, 3.05) is 19.7 Å². The Hall–Kier alpha value is -4.10. The molecule has 10 heteroatoms. The molecule has 0 aliphatic heterocycles. The van der Waals surface area contributed by atoms with E-state index in [1.807, 2.05) is 32.0 Å². The second-order valence-electron chi connectivity index (χ2n) is 7.02. The zero-order valence-corrected chi connectivity index (χ0v) is 18.7. The molecule has 0 saturated carbocycles. The lowest BCUT2D eigenvalue weighted by molar-refractivity contribution is -0.118. The van der Waals surface area contributed by atoms with Crippen LogP contribution in [-0.2, 0) is 11.2 Å². The van der Waals surface area contributed by atoms with E-state index in [9.17, 15) is 14.9 Å². The monoisotopic (exact) mass is 451 g/mol. The third-order valence-electron chi connectivity index (χ3n) is 4.63. The van der Waals surface area contributed by atoms with Crippen molar-refractivity contribution in [3.05, 3.63) is 71.3 Å². The first-order valence-corrected chi connectivity index (χ1v) is 10.5. The molecule has 0 bridgehead atoms. The van der Waals surface area contributed by atoms with Crippen molar-refractivity contribution >= 4 is 11.8 Å². The number of carbonyl (C=O) groups is 2. The van der Waals surface area contributed by atoms with E-state index in [2.05, 4.69) is 15.6 Å². The van der Waals surface area contributed by atoms with E-state index in [4.69, 9.17) is 16.3 Å². The number of nitrogens with two attached hydrogens (primary N) is 2. The van der Waals surface area contributed by atoms with Gasteiger partial charge in [-0.15, -0.1) is 0 Å². The number of ether oxygens (including phenoxy) is 1. The maximum atomic E-state index is 12.4. The van der Waals surface area contributed by atoms with E-state index >= 15 is 0 Å². The number of hydrazine groups is 1.